The van der Waals surface area contributed by atoms with E-state index in [-0.39, 0.29) is 24.8 Å². The number of aromatic nitrogens is 2. The van der Waals surface area contributed by atoms with Gasteiger partial charge in [0.15, 0.2) is 0 Å². The summed E-state index contributed by atoms with van der Waals surface area (Å²) < 4.78 is 6.68. The van der Waals surface area contributed by atoms with Crippen molar-refractivity contribution in [3.05, 3.63) is 60.4 Å². The molecule has 0 radical (unpaired) electrons. The van der Waals surface area contributed by atoms with Crippen molar-refractivity contribution in [2.75, 3.05) is 11.5 Å². The Morgan fingerprint density at radius 2 is 1.89 bits per heavy atom. The standard InChI is InChI=1S/C20H17N3O4/c1-2-27-20(26)13-7-9-14(10-8-13)23-18(24)11-17(19(23)25)22-12-21-15-5-3-4-6-16(15)22/h3-10,12,17H,2,11H2,1H3. The van der Waals surface area contributed by atoms with E-state index in [9.17, 15) is 14.4 Å². The van der Waals surface area contributed by atoms with Gasteiger partial charge in [0.1, 0.15) is 6.04 Å². The van der Waals surface area contributed by atoms with E-state index in [4.69, 9.17) is 4.74 Å². The molecule has 7 heteroatoms. The lowest BCUT2D eigenvalue weighted by Gasteiger charge is -2.16. The van der Waals surface area contributed by atoms with Crippen LogP contribution in [0.15, 0.2) is 54.9 Å². The lowest BCUT2D eigenvalue weighted by molar-refractivity contribution is -0.122. The van der Waals surface area contributed by atoms with Crippen molar-refractivity contribution in [3.63, 3.8) is 0 Å². The molecule has 1 saturated heterocycles. The van der Waals surface area contributed by atoms with Gasteiger partial charge in [0.2, 0.25) is 5.91 Å². The van der Waals surface area contributed by atoms with E-state index in [1.807, 2.05) is 24.3 Å². The van der Waals surface area contributed by atoms with Crippen molar-refractivity contribution in [2.24, 2.45) is 0 Å². The van der Waals surface area contributed by atoms with Crippen LogP contribution >= 0.6 is 0 Å². The van der Waals surface area contributed by atoms with Gasteiger partial charge in [0, 0.05) is 0 Å². The number of para-hydroxylation sites is 2. The zero-order chi connectivity index (χ0) is 19.0. The number of rotatable bonds is 4. The summed E-state index contributed by atoms with van der Waals surface area (Å²) in [6.45, 7) is 2.01. The molecule has 3 aromatic rings. The Morgan fingerprint density at radius 1 is 1.15 bits per heavy atom. The second-order valence-corrected chi connectivity index (χ2v) is 6.20. The molecular formula is C20H17N3O4. The summed E-state index contributed by atoms with van der Waals surface area (Å²) in [6, 6.07) is 13.1. The number of hydrogen-bond donors (Lipinski definition) is 0. The third-order valence-electron chi connectivity index (χ3n) is 4.58. The van der Waals surface area contributed by atoms with E-state index in [1.54, 1.807) is 42.1 Å². The maximum atomic E-state index is 12.9. The van der Waals surface area contributed by atoms with Crippen molar-refractivity contribution < 1.29 is 19.1 Å². The summed E-state index contributed by atoms with van der Waals surface area (Å²) in [4.78, 5) is 42.7. The molecule has 0 saturated carbocycles. The lowest BCUT2D eigenvalue weighted by Crippen LogP contribution is -2.31. The highest BCUT2D eigenvalue weighted by molar-refractivity contribution is 6.22. The first-order chi connectivity index (χ1) is 13.1. The Hall–Kier alpha value is -3.48. The average Bonchev–Trinajstić information content (AvgIpc) is 3.22. The molecule has 0 spiro atoms. The minimum atomic E-state index is -0.630. The summed E-state index contributed by atoms with van der Waals surface area (Å²) in [7, 11) is 0. The van der Waals surface area contributed by atoms with E-state index < -0.39 is 12.0 Å². The van der Waals surface area contributed by atoms with Crippen LogP contribution in [0.4, 0.5) is 5.69 Å². The van der Waals surface area contributed by atoms with Crippen molar-refractivity contribution in [3.8, 4) is 0 Å². The number of ether oxygens (including phenoxy) is 1. The van der Waals surface area contributed by atoms with E-state index in [2.05, 4.69) is 4.98 Å². The highest BCUT2D eigenvalue weighted by atomic mass is 16.5. The maximum absolute atomic E-state index is 12.9. The Bertz CT molecular complexity index is 1040. The molecule has 4 rings (SSSR count). The molecule has 0 N–H and O–H groups in total. The molecule has 2 amide bonds. The highest BCUT2D eigenvalue weighted by Gasteiger charge is 2.41. The highest BCUT2D eigenvalue weighted by Crippen LogP contribution is 2.31. The molecule has 2 heterocycles. The van der Waals surface area contributed by atoms with Gasteiger partial charge in [-0.3, -0.25) is 9.59 Å². The average molecular weight is 363 g/mol. The second kappa shape index (κ2) is 6.68. The molecule has 136 valence electrons. The molecule has 0 aliphatic carbocycles. The predicted molar refractivity (Wildman–Crippen MR) is 98.3 cm³/mol. The van der Waals surface area contributed by atoms with Crippen molar-refractivity contribution in [1.29, 1.82) is 0 Å². The number of carbonyl (C=O) groups is 3. The largest absolute Gasteiger partial charge is 0.462 e. The van der Waals surface area contributed by atoms with Gasteiger partial charge in [0.05, 0.1) is 41.6 Å². The molecule has 1 unspecified atom stereocenters. The molecule has 1 fully saturated rings. The topological polar surface area (TPSA) is 81.5 Å². The molecular weight excluding hydrogens is 346 g/mol. The number of amides is 2. The van der Waals surface area contributed by atoms with Crippen LogP contribution in [0.5, 0.6) is 0 Å². The van der Waals surface area contributed by atoms with E-state index >= 15 is 0 Å². The van der Waals surface area contributed by atoms with Crippen LogP contribution in [0.1, 0.15) is 29.7 Å². The van der Waals surface area contributed by atoms with Crippen LogP contribution in [-0.2, 0) is 14.3 Å². The summed E-state index contributed by atoms with van der Waals surface area (Å²) in [6.07, 6.45) is 1.66. The molecule has 27 heavy (non-hydrogen) atoms. The fourth-order valence-corrected chi connectivity index (χ4v) is 3.29. The van der Waals surface area contributed by atoms with Gasteiger partial charge < -0.3 is 9.30 Å². The Balaban J connectivity index is 1.62. The smallest absolute Gasteiger partial charge is 0.338 e. The van der Waals surface area contributed by atoms with Gasteiger partial charge in [-0.05, 0) is 43.3 Å². The number of fused-ring (bicyclic) bond motifs is 1. The van der Waals surface area contributed by atoms with Gasteiger partial charge in [-0.1, -0.05) is 12.1 Å². The van der Waals surface area contributed by atoms with Crippen molar-refractivity contribution in [2.45, 2.75) is 19.4 Å². The molecule has 1 atom stereocenters. The minimum Gasteiger partial charge on any atom is -0.462 e. The van der Waals surface area contributed by atoms with Gasteiger partial charge in [-0.25, -0.2) is 14.7 Å². The first kappa shape index (κ1) is 17.0. The zero-order valence-electron chi connectivity index (χ0n) is 14.7. The normalized spacial score (nSPS) is 16.9. The van der Waals surface area contributed by atoms with Crippen LogP contribution in [0.2, 0.25) is 0 Å². The van der Waals surface area contributed by atoms with E-state index in [0.29, 0.717) is 11.3 Å². The van der Waals surface area contributed by atoms with E-state index in [1.165, 1.54) is 0 Å². The van der Waals surface area contributed by atoms with Crippen LogP contribution < -0.4 is 4.90 Å². The summed E-state index contributed by atoms with van der Waals surface area (Å²) in [5.41, 5.74) is 2.39. The summed E-state index contributed by atoms with van der Waals surface area (Å²) in [5, 5.41) is 0. The molecule has 1 aliphatic heterocycles. The SMILES string of the molecule is CCOC(=O)c1ccc(N2C(=O)CC(n3cnc4ccccc43)C2=O)cc1. The minimum absolute atomic E-state index is 0.0683. The van der Waals surface area contributed by atoms with E-state index in [0.717, 1.165) is 15.9 Å². The van der Waals surface area contributed by atoms with Crippen molar-refractivity contribution >= 4 is 34.5 Å². The van der Waals surface area contributed by atoms with Gasteiger partial charge in [0.25, 0.3) is 5.91 Å². The number of nitrogens with zero attached hydrogens (tertiary/aromatic N) is 3. The third kappa shape index (κ3) is 2.87. The third-order valence-corrected chi connectivity index (χ3v) is 4.58. The molecule has 0 bridgehead atoms. The second-order valence-electron chi connectivity index (χ2n) is 6.20. The Kier molecular flexibility index (Phi) is 4.19. The van der Waals surface area contributed by atoms with Gasteiger partial charge >= 0.3 is 5.97 Å². The summed E-state index contributed by atoms with van der Waals surface area (Å²) in [5.74, 6) is -1.04. The number of imidazole rings is 1. The lowest BCUT2D eigenvalue weighted by atomic mass is 10.2. The number of esters is 1. The van der Waals surface area contributed by atoms with Crippen LogP contribution in [-0.4, -0.2) is 33.9 Å². The van der Waals surface area contributed by atoms with Crippen molar-refractivity contribution in [1.82, 2.24) is 9.55 Å². The fourth-order valence-electron chi connectivity index (χ4n) is 3.29. The quantitative estimate of drug-likeness (QED) is 0.526. The first-order valence-corrected chi connectivity index (χ1v) is 8.65. The number of carbonyl (C=O) groups excluding carboxylic acids is 3. The monoisotopic (exact) mass is 363 g/mol. The zero-order valence-corrected chi connectivity index (χ0v) is 14.7. The van der Waals surface area contributed by atoms with Crippen LogP contribution in [0.25, 0.3) is 11.0 Å². The fraction of sp³-hybridized carbons (Fsp3) is 0.200. The van der Waals surface area contributed by atoms with Gasteiger partial charge in [-0.2, -0.15) is 0 Å². The molecule has 2 aromatic carbocycles. The molecule has 7 nitrogen and oxygen atoms in total. The first-order valence-electron chi connectivity index (χ1n) is 8.65. The number of benzene rings is 2. The van der Waals surface area contributed by atoms with Crippen LogP contribution in [0.3, 0.4) is 0 Å². The Labute approximate surface area is 155 Å². The molecule has 1 aromatic heterocycles. The van der Waals surface area contributed by atoms with Gasteiger partial charge in [-0.15, -0.1) is 0 Å². The number of hydrogen-bond acceptors (Lipinski definition) is 5. The summed E-state index contributed by atoms with van der Waals surface area (Å²) >= 11 is 0. The number of imide groups is 1. The Morgan fingerprint density at radius 3 is 2.63 bits per heavy atom. The maximum Gasteiger partial charge on any atom is 0.338 e. The number of anilines is 1. The molecule has 1 aliphatic rings. The van der Waals surface area contributed by atoms with Crippen LogP contribution in [0, 0.1) is 0 Å². The predicted octanol–water partition coefficient (Wildman–Crippen LogP) is 2.72.